The summed E-state index contributed by atoms with van der Waals surface area (Å²) in [6.45, 7) is 1.29. The Labute approximate surface area is 123 Å². The summed E-state index contributed by atoms with van der Waals surface area (Å²) >= 11 is 5.82. The molecule has 0 aromatic heterocycles. The van der Waals surface area contributed by atoms with Crippen LogP contribution in [0.3, 0.4) is 0 Å². The van der Waals surface area contributed by atoms with Gasteiger partial charge in [0.2, 0.25) is 0 Å². The summed E-state index contributed by atoms with van der Waals surface area (Å²) in [5.41, 5.74) is 5.66. The van der Waals surface area contributed by atoms with E-state index in [1.807, 2.05) is 0 Å². The number of halogens is 1. The summed E-state index contributed by atoms with van der Waals surface area (Å²) in [4.78, 5) is 13.8. The van der Waals surface area contributed by atoms with E-state index in [2.05, 4.69) is 0 Å². The number of ether oxygens (including phenoxy) is 1. The monoisotopic (exact) mass is 298 g/mol. The van der Waals surface area contributed by atoms with Crippen molar-refractivity contribution in [2.24, 2.45) is 0 Å². The van der Waals surface area contributed by atoms with Crippen LogP contribution >= 0.6 is 11.6 Å². The van der Waals surface area contributed by atoms with Crippen LogP contribution in [0.5, 0.6) is 0 Å². The maximum Gasteiger partial charge on any atom is 0.255 e. The summed E-state index contributed by atoms with van der Waals surface area (Å²) in [5.74, 6) is -0.223. The number of nitrogen functional groups attached to an aromatic ring is 1. The number of carbonyl (C=O) groups is 1. The number of aliphatic hydroxyl groups is 1. The number of carbonyl (C=O) groups excluding carboxylic acids is 1. The molecule has 0 spiro atoms. The molecule has 0 saturated carbocycles. The van der Waals surface area contributed by atoms with Crippen LogP contribution in [-0.4, -0.2) is 48.3 Å². The molecule has 0 bridgehead atoms. The fraction of sp³-hybridized carbons (Fsp3) is 0.500. The number of anilines is 1. The SMILES string of the molecule is CN(CC1(O)CCOCC1)C(=O)c1ccc(Cl)cc1N. The molecule has 0 unspecified atom stereocenters. The van der Waals surface area contributed by atoms with Crippen LogP contribution in [0, 0.1) is 0 Å². The van der Waals surface area contributed by atoms with Gasteiger partial charge in [-0.1, -0.05) is 11.6 Å². The van der Waals surface area contributed by atoms with Crippen molar-refractivity contribution < 1.29 is 14.6 Å². The van der Waals surface area contributed by atoms with Crippen molar-refractivity contribution >= 4 is 23.2 Å². The van der Waals surface area contributed by atoms with E-state index in [1.54, 1.807) is 25.2 Å². The molecule has 1 saturated heterocycles. The Balaban J connectivity index is 2.08. The van der Waals surface area contributed by atoms with Gasteiger partial charge in [-0.25, -0.2) is 0 Å². The molecule has 110 valence electrons. The van der Waals surface area contributed by atoms with Crippen LogP contribution in [-0.2, 0) is 4.74 Å². The predicted octanol–water partition coefficient (Wildman–Crippen LogP) is 1.54. The number of nitrogens with two attached hydrogens (primary N) is 1. The third-order valence-corrected chi connectivity index (χ3v) is 3.78. The Morgan fingerprint density at radius 1 is 1.50 bits per heavy atom. The number of amides is 1. The molecule has 1 amide bonds. The highest BCUT2D eigenvalue weighted by Crippen LogP contribution is 2.24. The van der Waals surface area contributed by atoms with E-state index >= 15 is 0 Å². The number of likely N-dealkylation sites (N-methyl/N-ethyl adjacent to an activating group) is 1. The van der Waals surface area contributed by atoms with Gasteiger partial charge in [-0.05, 0) is 18.2 Å². The maximum absolute atomic E-state index is 12.4. The van der Waals surface area contributed by atoms with Gasteiger partial charge in [0.15, 0.2) is 0 Å². The Kier molecular flexibility index (Phi) is 4.52. The fourth-order valence-corrected chi connectivity index (χ4v) is 2.54. The van der Waals surface area contributed by atoms with E-state index in [4.69, 9.17) is 22.1 Å². The number of hydrogen-bond donors (Lipinski definition) is 2. The molecule has 1 aliphatic heterocycles. The summed E-state index contributed by atoms with van der Waals surface area (Å²) < 4.78 is 5.23. The highest BCUT2D eigenvalue weighted by atomic mass is 35.5. The lowest BCUT2D eigenvalue weighted by Gasteiger charge is -2.35. The van der Waals surface area contributed by atoms with Crippen LogP contribution in [0.1, 0.15) is 23.2 Å². The largest absolute Gasteiger partial charge is 0.398 e. The molecule has 1 aliphatic rings. The summed E-state index contributed by atoms with van der Waals surface area (Å²) in [6.07, 6.45) is 1.06. The van der Waals surface area contributed by atoms with Gasteiger partial charge in [0.05, 0.1) is 11.2 Å². The van der Waals surface area contributed by atoms with Gasteiger partial charge in [-0.3, -0.25) is 4.79 Å². The minimum atomic E-state index is -0.885. The maximum atomic E-state index is 12.4. The first kappa shape index (κ1) is 15.1. The molecule has 2 rings (SSSR count). The van der Waals surface area contributed by atoms with Crippen molar-refractivity contribution in [1.82, 2.24) is 4.90 Å². The first-order chi connectivity index (χ1) is 9.41. The highest BCUT2D eigenvalue weighted by molar-refractivity contribution is 6.31. The Morgan fingerprint density at radius 3 is 2.75 bits per heavy atom. The zero-order valence-electron chi connectivity index (χ0n) is 11.4. The Hall–Kier alpha value is -1.30. The van der Waals surface area contributed by atoms with Crippen LogP contribution in [0.4, 0.5) is 5.69 Å². The van der Waals surface area contributed by atoms with Crippen molar-refractivity contribution in [3.63, 3.8) is 0 Å². The topological polar surface area (TPSA) is 75.8 Å². The molecule has 6 heteroatoms. The molecule has 5 nitrogen and oxygen atoms in total. The van der Waals surface area contributed by atoms with Crippen molar-refractivity contribution in [2.75, 3.05) is 32.5 Å². The van der Waals surface area contributed by atoms with Gasteiger partial charge >= 0.3 is 0 Å². The van der Waals surface area contributed by atoms with Gasteiger partial charge in [0.25, 0.3) is 5.91 Å². The smallest absolute Gasteiger partial charge is 0.255 e. The lowest BCUT2D eigenvalue weighted by Crippen LogP contribution is -2.47. The summed E-state index contributed by atoms with van der Waals surface area (Å²) in [7, 11) is 1.66. The van der Waals surface area contributed by atoms with Crippen LogP contribution in [0.2, 0.25) is 5.02 Å². The average molecular weight is 299 g/mol. The molecule has 1 heterocycles. The lowest BCUT2D eigenvalue weighted by atomic mass is 9.93. The van der Waals surface area contributed by atoms with E-state index in [-0.39, 0.29) is 12.5 Å². The Bertz CT molecular complexity index is 501. The molecule has 1 aromatic carbocycles. The first-order valence-corrected chi connectivity index (χ1v) is 6.90. The fourth-order valence-electron chi connectivity index (χ4n) is 2.36. The van der Waals surface area contributed by atoms with Crippen molar-refractivity contribution in [3.05, 3.63) is 28.8 Å². The second-order valence-electron chi connectivity index (χ2n) is 5.23. The first-order valence-electron chi connectivity index (χ1n) is 6.52. The van der Waals surface area contributed by atoms with Crippen molar-refractivity contribution in [3.8, 4) is 0 Å². The van der Waals surface area contributed by atoms with E-state index in [1.165, 1.54) is 4.90 Å². The van der Waals surface area contributed by atoms with Gasteiger partial charge in [0.1, 0.15) is 0 Å². The molecule has 0 aliphatic carbocycles. The number of rotatable bonds is 3. The third kappa shape index (κ3) is 3.42. The van der Waals surface area contributed by atoms with E-state index in [0.29, 0.717) is 42.3 Å². The molecule has 1 fully saturated rings. The van der Waals surface area contributed by atoms with Gasteiger partial charge in [-0.15, -0.1) is 0 Å². The third-order valence-electron chi connectivity index (χ3n) is 3.55. The van der Waals surface area contributed by atoms with Gasteiger partial charge in [0, 0.05) is 50.4 Å². The molecule has 3 N–H and O–H groups in total. The standard InChI is InChI=1S/C14H19ClN2O3/c1-17(9-14(19)4-6-20-7-5-14)13(18)11-3-2-10(15)8-12(11)16/h2-3,8,19H,4-7,9,16H2,1H3. The van der Waals surface area contributed by atoms with Gasteiger partial charge in [-0.2, -0.15) is 0 Å². The lowest BCUT2D eigenvalue weighted by molar-refractivity contribution is -0.0734. The zero-order valence-corrected chi connectivity index (χ0v) is 12.2. The highest BCUT2D eigenvalue weighted by Gasteiger charge is 2.32. The number of nitrogens with zero attached hydrogens (tertiary/aromatic N) is 1. The zero-order chi connectivity index (χ0) is 14.8. The normalized spacial score (nSPS) is 17.8. The van der Waals surface area contributed by atoms with Crippen molar-refractivity contribution in [1.29, 1.82) is 0 Å². The van der Waals surface area contributed by atoms with Gasteiger partial charge < -0.3 is 20.5 Å². The van der Waals surface area contributed by atoms with E-state index in [9.17, 15) is 9.90 Å². The molecular formula is C14H19ClN2O3. The molecule has 0 radical (unpaired) electrons. The van der Waals surface area contributed by atoms with Crippen LogP contribution in [0.15, 0.2) is 18.2 Å². The second-order valence-corrected chi connectivity index (χ2v) is 5.67. The minimum Gasteiger partial charge on any atom is -0.398 e. The molecule has 20 heavy (non-hydrogen) atoms. The number of benzene rings is 1. The number of hydrogen-bond acceptors (Lipinski definition) is 4. The van der Waals surface area contributed by atoms with E-state index in [0.717, 1.165) is 0 Å². The van der Waals surface area contributed by atoms with Crippen LogP contribution < -0.4 is 5.73 Å². The Morgan fingerprint density at radius 2 is 2.15 bits per heavy atom. The second kappa shape index (κ2) is 5.99. The molecule has 0 atom stereocenters. The van der Waals surface area contributed by atoms with Crippen molar-refractivity contribution in [2.45, 2.75) is 18.4 Å². The average Bonchev–Trinajstić information content (AvgIpc) is 2.38. The minimum absolute atomic E-state index is 0.223. The summed E-state index contributed by atoms with van der Waals surface area (Å²) in [5, 5.41) is 10.9. The van der Waals surface area contributed by atoms with E-state index < -0.39 is 5.60 Å². The van der Waals surface area contributed by atoms with Crippen LogP contribution in [0.25, 0.3) is 0 Å². The molecule has 1 aromatic rings. The summed E-state index contributed by atoms with van der Waals surface area (Å²) in [6, 6.07) is 4.78. The molecular weight excluding hydrogens is 280 g/mol. The quantitative estimate of drug-likeness (QED) is 0.830. The predicted molar refractivity (Wildman–Crippen MR) is 77.8 cm³/mol.